The lowest BCUT2D eigenvalue weighted by molar-refractivity contribution is -0.128. The molecule has 0 atom stereocenters. The molecule has 0 aliphatic rings. The van der Waals surface area contributed by atoms with Gasteiger partial charge >= 0.3 is 5.97 Å². The lowest BCUT2D eigenvalue weighted by Gasteiger charge is -2.00. The highest BCUT2D eigenvalue weighted by molar-refractivity contribution is 5.89. The van der Waals surface area contributed by atoms with E-state index < -0.39 is 5.97 Å². The maximum Gasteiger partial charge on any atom is 0.336 e. The second kappa shape index (κ2) is 7.07. The standard InChI is InChI=1S/C22H15NO3/c24-21(14-11-16-7-3-1-4-8-16)25-18-12-13-19-20(15-18)26-22(23-19)17-9-5-2-6-10-17/h1-15H/b14-11+. The molecule has 4 aromatic rings. The van der Waals surface area contributed by atoms with E-state index >= 15 is 0 Å². The summed E-state index contributed by atoms with van der Waals surface area (Å²) < 4.78 is 11.1. The summed E-state index contributed by atoms with van der Waals surface area (Å²) in [6.45, 7) is 0. The fourth-order valence-electron chi connectivity index (χ4n) is 2.55. The number of ether oxygens (including phenoxy) is 1. The van der Waals surface area contributed by atoms with Gasteiger partial charge in [0.2, 0.25) is 5.89 Å². The van der Waals surface area contributed by atoms with Gasteiger partial charge in [-0.25, -0.2) is 9.78 Å². The van der Waals surface area contributed by atoms with Crippen LogP contribution in [0, 0.1) is 0 Å². The molecule has 0 radical (unpaired) electrons. The Hall–Kier alpha value is -3.66. The molecule has 4 heteroatoms. The van der Waals surface area contributed by atoms with Crippen molar-refractivity contribution in [3.05, 3.63) is 90.5 Å². The lowest BCUT2D eigenvalue weighted by atomic mass is 10.2. The summed E-state index contributed by atoms with van der Waals surface area (Å²) in [4.78, 5) is 16.5. The van der Waals surface area contributed by atoms with Crippen molar-refractivity contribution in [2.24, 2.45) is 0 Å². The highest BCUT2D eigenvalue weighted by atomic mass is 16.5. The normalized spacial score (nSPS) is 11.1. The highest BCUT2D eigenvalue weighted by Gasteiger charge is 2.10. The van der Waals surface area contributed by atoms with E-state index in [9.17, 15) is 4.79 Å². The number of fused-ring (bicyclic) bond motifs is 1. The Morgan fingerprint density at radius 3 is 2.42 bits per heavy atom. The molecular formula is C22H15NO3. The van der Waals surface area contributed by atoms with E-state index in [1.807, 2.05) is 60.7 Å². The molecule has 0 aliphatic carbocycles. The van der Waals surface area contributed by atoms with E-state index in [1.54, 1.807) is 24.3 Å². The molecule has 0 spiro atoms. The van der Waals surface area contributed by atoms with Crippen molar-refractivity contribution >= 4 is 23.1 Å². The third-order valence-corrected chi connectivity index (χ3v) is 3.81. The Morgan fingerprint density at radius 1 is 0.923 bits per heavy atom. The molecular weight excluding hydrogens is 326 g/mol. The summed E-state index contributed by atoms with van der Waals surface area (Å²) in [5.74, 6) is 0.500. The molecule has 0 bridgehead atoms. The maximum absolute atomic E-state index is 12.0. The van der Waals surface area contributed by atoms with Gasteiger partial charge in [0.05, 0.1) is 0 Å². The van der Waals surface area contributed by atoms with E-state index in [-0.39, 0.29) is 0 Å². The number of aromatic nitrogens is 1. The van der Waals surface area contributed by atoms with E-state index in [4.69, 9.17) is 9.15 Å². The smallest absolute Gasteiger partial charge is 0.336 e. The number of rotatable bonds is 4. The average molecular weight is 341 g/mol. The number of hydrogen-bond donors (Lipinski definition) is 0. The van der Waals surface area contributed by atoms with Crippen molar-refractivity contribution in [2.45, 2.75) is 0 Å². The monoisotopic (exact) mass is 341 g/mol. The van der Waals surface area contributed by atoms with Gasteiger partial charge in [-0.2, -0.15) is 0 Å². The largest absolute Gasteiger partial charge is 0.436 e. The molecule has 4 rings (SSSR count). The number of benzene rings is 3. The van der Waals surface area contributed by atoms with E-state index in [1.165, 1.54) is 6.08 Å². The predicted molar refractivity (Wildman–Crippen MR) is 101 cm³/mol. The summed E-state index contributed by atoms with van der Waals surface area (Å²) in [5.41, 5.74) is 3.11. The Balaban J connectivity index is 1.52. The zero-order valence-electron chi connectivity index (χ0n) is 13.8. The molecule has 0 N–H and O–H groups in total. The molecule has 0 saturated heterocycles. The van der Waals surface area contributed by atoms with Gasteiger partial charge in [-0.1, -0.05) is 48.5 Å². The van der Waals surface area contributed by atoms with Crippen LogP contribution in [0.2, 0.25) is 0 Å². The lowest BCUT2D eigenvalue weighted by Crippen LogP contribution is -2.03. The summed E-state index contributed by atoms with van der Waals surface area (Å²) in [7, 11) is 0. The number of hydrogen-bond acceptors (Lipinski definition) is 4. The number of carbonyl (C=O) groups is 1. The van der Waals surface area contributed by atoms with Crippen molar-refractivity contribution < 1.29 is 13.9 Å². The van der Waals surface area contributed by atoms with Crippen molar-refractivity contribution in [3.8, 4) is 17.2 Å². The van der Waals surface area contributed by atoms with Crippen LogP contribution in [0.25, 0.3) is 28.6 Å². The molecule has 126 valence electrons. The van der Waals surface area contributed by atoms with Crippen LogP contribution >= 0.6 is 0 Å². The van der Waals surface area contributed by atoms with Gasteiger partial charge in [0.25, 0.3) is 0 Å². The predicted octanol–water partition coefficient (Wildman–Crippen LogP) is 5.11. The second-order valence-electron chi connectivity index (χ2n) is 5.68. The van der Waals surface area contributed by atoms with Gasteiger partial charge in [-0.15, -0.1) is 0 Å². The number of carbonyl (C=O) groups excluding carboxylic acids is 1. The summed E-state index contributed by atoms with van der Waals surface area (Å²) in [5, 5.41) is 0. The zero-order chi connectivity index (χ0) is 17.8. The summed E-state index contributed by atoms with van der Waals surface area (Å²) in [6, 6.07) is 24.4. The third-order valence-electron chi connectivity index (χ3n) is 3.81. The van der Waals surface area contributed by atoms with Crippen LogP contribution in [0.1, 0.15) is 5.56 Å². The SMILES string of the molecule is O=C(/C=C/c1ccccc1)Oc1ccc2nc(-c3ccccc3)oc2c1. The van der Waals surface area contributed by atoms with Crippen molar-refractivity contribution in [3.63, 3.8) is 0 Å². The molecule has 3 aromatic carbocycles. The molecule has 26 heavy (non-hydrogen) atoms. The topological polar surface area (TPSA) is 52.3 Å². The Morgan fingerprint density at radius 2 is 1.65 bits per heavy atom. The maximum atomic E-state index is 12.0. The third kappa shape index (κ3) is 3.54. The first-order valence-corrected chi connectivity index (χ1v) is 8.19. The first kappa shape index (κ1) is 15.8. The van der Waals surface area contributed by atoms with Crippen LogP contribution in [-0.4, -0.2) is 11.0 Å². The molecule has 1 heterocycles. The number of esters is 1. The van der Waals surface area contributed by atoms with Crippen LogP contribution in [0.15, 0.2) is 89.4 Å². The van der Waals surface area contributed by atoms with Crippen LogP contribution in [0.3, 0.4) is 0 Å². The van der Waals surface area contributed by atoms with Gasteiger partial charge in [-0.05, 0) is 35.9 Å². The molecule has 0 aliphatic heterocycles. The fraction of sp³-hybridized carbons (Fsp3) is 0. The van der Waals surface area contributed by atoms with Crippen molar-refractivity contribution in [1.82, 2.24) is 4.98 Å². The van der Waals surface area contributed by atoms with Gasteiger partial charge in [-0.3, -0.25) is 0 Å². The molecule has 0 unspecified atom stereocenters. The average Bonchev–Trinajstić information content (AvgIpc) is 3.11. The Bertz CT molecular complexity index is 1070. The molecule has 1 aromatic heterocycles. The summed E-state index contributed by atoms with van der Waals surface area (Å²) in [6.07, 6.45) is 3.11. The fourth-order valence-corrected chi connectivity index (χ4v) is 2.55. The minimum absolute atomic E-state index is 0.413. The highest BCUT2D eigenvalue weighted by Crippen LogP contribution is 2.27. The molecule has 4 nitrogen and oxygen atoms in total. The first-order valence-electron chi connectivity index (χ1n) is 8.19. The minimum Gasteiger partial charge on any atom is -0.436 e. The van der Waals surface area contributed by atoms with Gasteiger partial charge in [0.1, 0.15) is 11.3 Å². The Kier molecular flexibility index (Phi) is 4.31. The van der Waals surface area contributed by atoms with Gasteiger partial charge in [0, 0.05) is 17.7 Å². The van der Waals surface area contributed by atoms with Crippen LogP contribution in [0.4, 0.5) is 0 Å². The van der Waals surface area contributed by atoms with Gasteiger partial charge < -0.3 is 9.15 Å². The summed E-state index contributed by atoms with van der Waals surface area (Å²) >= 11 is 0. The number of nitrogens with zero attached hydrogens (tertiary/aromatic N) is 1. The second-order valence-corrected chi connectivity index (χ2v) is 5.68. The van der Waals surface area contributed by atoms with Gasteiger partial charge in [0.15, 0.2) is 5.58 Å². The van der Waals surface area contributed by atoms with Crippen LogP contribution in [-0.2, 0) is 4.79 Å². The Labute approximate surface area is 150 Å². The van der Waals surface area contributed by atoms with Crippen LogP contribution < -0.4 is 4.74 Å². The zero-order valence-corrected chi connectivity index (χ0v) is 13.8. The molecule has 0 saturated carbocycles. The number of oxazole rings is 1. The van der Waals surface area contributed by atoms with E-state index in [0.717, 1.165) is 11.1 Å². The van der Waals surface area contributed by atoms with E-state index in [2.05, 4.69) is 4.98 Å². The quantitative estimate of drug-likeness (QED) is 0.294. The first-order chi connectivity index (χ1) is 12.8. The van der Waals surface area contributed by atoms with Crippen molar-refractivity contribution in [2.75, 3.05) is 0 Å². The minimum atomic E-state index is -0.448. The van der Waals surface area contributed by atoms with Crippen molar-refractivity contribution in [1.29, 1.82) is 0 Å². The molecule has 0 fully saturated rings. The van der Waals surface area contributed by atoms with E-state index in [0.29, 0.717) is 22.7 Å². The molecule has 0 amide bonds. The van der Waals surface area contributed by atoms with Crippen LogP contribution in [0.5, 0.6) is 5.75 Å².